The Morgan fingerprint density at radius 2 is 2.00 bits per heavy atom. The fourth-order valence-electron chi connectivity index (χ4n) is 1.16. The molecule has 0 radical (unpaired) electrons. The predicted octanol–water partition coefficient (Wildman–Crippen LogP) is 1.40. The molecule has 0 aromatic heterocycles. The van der Waals surface area contributed by atoms with Crippen LogP contribution in [0.25, 0.3) is 0 Å². The molecule has 1 aromatic carbocycles. The van der Waals surface area contributed by atoms with Crippen molar-refractivity contribution in [3.8, 4) is 5.75 Å². The van der Waals surface area contributed by atoms with Gasteiger partial charge >= 0.3 is 0 Å². The number of amides is 1. The summed E-state index contributed by atoms with van der Waals surface area (Å²) in [6.45, 7) is 3.76. The van der Waals surface area contributed by atoms with Crippen molar-refractivity contribution in [2.24, 2.45) is 0 Å². The van der Waals surface area contributed by atoms with Crippen LogP contribution in [0.2, 0.25) is 0 Å². The van der Waals surface area contributed by atoms with Crippen molar-refractivity contribution >= 4 is 12.2 Å². The van der Waals surface area contributed by atoms with Crippen LogP contribution in [-0.4, -0.2) is 24.8 Å². The second-order valence-electron chi connectivity index (χ2n) is 3.70. The van der Waals surface area contributed by atoms with Gasteiger partial charge in [0.05, 0.1) is 0 Å². The highest BCUT2D eigenvalue weighted by atomic mass is 16.5. The van der Waals surface area contributed by atoms with Crippen LogP contribution >= 0.6 is 0 Å². The van der Waals surface area contributed by atoms with Crippen LogP contribution < -0.4 is 10.1 Å². The lowest BCUT2D eigenvalue weighted by Crippen LogP contribution is -2.34. The van der Waals surface area contributed by atoms with Crippen LogP contribution in [0.4, 0.5) is 0 Å². The van der Waals surface area contributed by atoms with Gasteiger partial charge in [-0.05, 0) is 38.1 Å². The second kappa shape index (κ2) is 5.90. The molecule has 0 aliphatic rings. The maximum atomic E-state index is 11.3. The molecule has 0 aliphatic heterocycles. The van der Waals surface area contributed by atoms with Crippen molar-refractivity contribution < 1.29 is 14.3 Å². The van der Waals surface area contributed by atoms with Gasteiger partial charge in [0.2, 0.25) is 0 Å². The van der Waals surface area contributed by atoms with E-state index in [1.54, 1.807) is 24.3 Å². The second-order valence-corrected chi connectivity index (χ2v) is 3.70. The number of rotatable bonds is 5. The third-order valence-corrected chi connectivity index (χ3v) is 1.84. The van der Waals surface area contributed by atoms with E-state index >= 15 is 0 Å². The van der Waals surface area contributed by atoms with Crippen molar-refractivity contribution in [2.75, 3.05) is 6.61 Å². The molecule has 0 aliphatic carbocycles. The number of hydrogen-bond acceptors (Lipinski definition) is 3. The van der Waals surface area contributed by atoms with Crippen LogP contribution in [-0.2, 0) is 4.79 Å². The summed E-state index contributed by atoms with van der Waals surface area (Å²) >= 11 is 0. The van der Waals surface area contributed by atoms with Crippen molar-refractivity contribution in [2.45, 2.75) is 19.9 Å². The van der Waals surface area contributed by atoms with Gasteiger partial charge in [-0.3, -0.25) is 9.59 Å². The lowest BCUT2D eigenvalue weighted by molar-refractivity contribution is -0.123. The molecule has 4 nitrogen and oxygen atoms in total. The summed E-state index contributed by atoms with van der Waals surface area (Å²) < 4.78 is 5.24. The fourth-order valence-corrected chi connectivity index (χ4v) is 1.16. The van der Waals surface area contributed by atoms with Crippen molar-refractivity contribution in [3.63, 3.8) is 0 Å². The van der Waals surface area contributed by atoms with Crippen molar-refractivity contribution in [1.29, 1.82) is 0 Å². The van der Waals surface area contributed by atoms with Crippen LogP contribution in [0.3, 0.4) is 0 Å². The van der Waals surface area contributed by atoms with Gasteiger partial charge in [-0.2, -0.15) is 0 Å². The lowest BCUT2D eigenvalue weighted by atomic mass is 10.2. The van der Waals surface area contributed by atoms with E-state index < -0.39 is 0 Å². The first-order valence-corrected chi connectivity index (χ1v) is 5.09. The largest absolute Gasteiger partial charge is 0.484 e. The van der Waals surface area contributed by atoms with Gasteiger partial charge in [-0.15, -0.1) is 0 Å². The van der Waals surface area contributed by atoms with Gasteiger partial charge in [0.15, 0.2) is 6.61 Å². The van der Waals surface area contributed by atoms with Crippen molar-refractivity contribution in [3.05, 3.63) is 29.8 Å². The molecular weight excluding hydrogens is 206 g/mol. The summed E-state index contributed by atoms with van der Waals surface area (Å²) in [6.07, 6.45) is 0.759. The van der Waals surface area contributed by atoms with Crippen LogP contribution in [0.1, 0.15) is 24.2 Å². The van der Waals surface area contributed by atoms with Crippen LogP contribution in [0.15, 0.2) is 24.3 Å². The molecule has 0 fully saturated rings. The fraction of sp³-hybridized carbons (Fsp3) is 0.333. The molecule has 0 spiro atoms. The van der Waals surface area contributed by atoms with Gasteiger partial charge < -0.3 is 10.1 Å². The Bertz CT molecular complexity index is 357. The minimum atomic E-state index is -0.158. The van der Waals surface area contributed by atoms with E-state index in [4.69, 9.17) is 4.74 Å². The van der Waals surface area contributed by atoms with E-state index in [9.17, 15) is 9.59 Å². The number of carbonyl (C=O) groups excluding carboxylic acids is 2. The molecule has 1 aromatic rings. The Morgan fingerprint density at radius 3 is 2.50 bits per heavy atom. The molecule has 86 valence electrons. The third kappa shape index (κ3) is 4.13. The van der Waals surface area contributed by atoms with Crippen molar-refractivity contribution in [1.82, 2.24) is 5.32 Å². The molecular formula is C12H15NO3. The topological polar surface area (TPSA) is 55.4 Å². The highest BCUT2D eigenvalue weighted by Gasteiger charge is 2.03. The average Bonchev–Trinajstić information content (AvgIpc) is 2.26. The maximum absolute atomic E-state index is 11.3. The van der Waals surface area contributed by atoms with E-state index in [1.165, 1.54) is 0 Å². The monoisotopic (exact) mass is 221 g/mol. The Balaban J connectivity index is 2.42. The minimum absolute atomic E-state index is 0.0153. The summed E-state index contributed by atoms with van der Waals surface area (Å²) in [7, 11) is 0. The SMILES string of the molecule is CC(C)NC(=O)COc1ccc(C=O)cc1. The highest BCUT2D eigenvalue weighted by molar-refractivity contribution is 5.78. The number of aldehydes is 1. The van der Waals surface area contributed by atoms with Crippen LogP contribution in [0, 0.1) is 0 Å². The Labute approximate surface area is 94.6 Å². The minimum Gasteiger partial charge on any atom is -0.484 e. The standard InChI is InChI=1S/C12H15NO3/c1-9(2)13-12(15)8-16-11-5-3-10(7-14)4-6-11/h3-7,9H,8H2,1-2H3,(H,13,15). The molecule has 0 unspecified atom stereocenters. The normalized spacial score (nSPS) is 9.94. The summed E-state index contributed by atoms with van der Waals surface area (Å²) in [5.41, 5.74) is 0.582. The zero-order chi connectivity index (χ0) is 12.0. The number of benzene rings is 1. The number of ether oxygens (including phenoxy) is 1. The number of nitrogens with one attached hydrogen (secondary N) is 1. The van der Waals surface area contributed by atoms with E-state index in [1.807, 2.05) is 13.8 Å². The summed E-state index contributed by atoms with van der Waals surface area (Å²) in [5.74, 6) is 0.416. The molecule has 0 saturated heterocycles. The van der Waals surface area contributed by atoms with Gasteiger partial charge in [0.25, 0.3) is 5.91 Å². The number of hydrogen-bond donors (Lipinski definition) is 1. The molecule has 1 rings (SSSR count). The van der Waals surface area contributed by atoms with E-state index in [0.717, 1.165) is 6.29 Å². The summed E-state index contributed by atoms with van der Waals surface area (Å²) in [6, 6.07) is 6.71. The van der Waals surface area contributed by atoms with Gasteiger partial charge in [-0.1, -0.05) is 0 Å². The van der Waals surface area contributed by atoms with E-state index in [2.05, 4.69) is 5.32 Å². The Hall–Kier alpha value is -1.84. The Kier molecular flexibility index (Phi) is 4.51. The molecule has 16 heavy (non-hydrogen) atoms. The molecule has 4 heteroatoms. The summed E-state index contributed by atoms with van der Waals surface area (Å²) in [5, 5.41) is 2.72. The Morgan fingerprint density at radius 1 is 1.38 bits per heavy atom. The van der Waals surface area contributed by atoms with Gasteiger partial charge in [0, 0.05) is 11.6 Å². The molecule has 0 heterocycles. The van der Waals surface area contributed by atoms with Gasteiger partial charge in [-0.25, -0.2) is 0 Å². The molecule has 0 saturated carbocycles. The lowest BCUT2D eigenvalue weighted by Gasteiger charge is -2.09. The van der Waals surface area contributed by atoms with Gasteiger partial charge in [0.1, 0.15) is 12.0 Å². The van der Waals surface area contributed by atoms with E-state index in [-0.39, 0.29) is 18.6 Å². The first kappa shape index (κ1) is 12.2. The smallest absolute Gasteiger partial charge is 0.258 e. The third-order valence-electron chi connectivity index (χ3n) is 1.84. The predicted molar refractivity (Wildman–Crippen MR) is 60.6 cm³/mol. The quantitative estimate of drug-likeness (QED) is 0.765. The zero-order valence-corrected chi connectivity index (χ0v) is 9.40. The molecule has 1 N–H and O–H groups in total. The molecule has 0 atom stereocenters. The zero-order valence-electron chi connectivity index (χ0n) is 9.40. The first-order chi connectivity index (χ1) is 7.61. The molecule has 0 bridgehead atoms. The molecule has 1 amide bonds. The maximum Gasteiger partial charge on any atom is 0.258 e. The first-order valence-electron chi connectivity index (χ1n) is 5.09. The average molecular weight is 221 g/mol. The van der Waals surface area contributed by atoms with E-state index in [0.29, 0.717) is 11.3 Å². The summed E-state index contributed by atoms with van der Waals surface area (Å²) in [4.78, 5) is 21.7. The highest BCUT2D eigenvalue weighted by Crippen LogP contribution is 2.10. The number of carbonyl (C=O) groups is 2. The van der Waals surface area contributed by atoms with Crippen LogP contribution in [0.5, 0.6) is 5.75 Å².